The molecule has 12 heteroatoms. The van der Waals surface area contributed by atoms with E-state index in [0.29, 0.717) is 0 Å². The van der Waals surface area contributed by atoms with Crippen molar-refractivity contribution in [3.63, 3.8) is 0 Å². The summed E-state index contributed by atoms with van der Waals surface area (Å²) >= 11 is 15.1. The van der Waals surface area contributed by atoms with Crippen LogP contribution in [-0.2, 0) is 38.1 Å². The molecule has 0 aromatic heterocycles. The van der Waals surface area contributed by atoms with Crippen LogP contribution in [0, 0.1) is 5.41 Å². The highest BCUT2D eigenvalue weighted by molar-refractivity contribution is 7.81. The highest BCUT2D eigenvalue weighted by Crippen LogP contribution is 2.38. The lowest BCUT2D eigenvalue weighted by Crippen LogP contribution is -2.57. The standard InChI is InChI=1S/C13H20O8S4/c1-12(2,7-18-8(14)3-22)13(19-9(15)4-23,20-10(16)5-24)21-11(17)6-25/h22-25H,3-7H2,1-2H3. The second-order valence-corrected chi connectivity index (χ2v) is 6.42. The van der Waals surface area contributed by atoms with Gasteiger partial charge in [-0.3, -0.25) is 19.2 Å². The van der Waals surface area contributed by atoms with Gasteiger partial charge in [-0.1, -0.05) is 0 Å². The highest BCUT2D eigenvalue weighted by Gasteiger charge is 2.57. The van der Waals surface area contributed by atoms with Crippen LogP contribution in [0.5, 0.6) is 0 Å². The van der Waals surface area contributed by atoms with Gasteiger partial charge in [0.2, 0.25) is 0 Å². The van der Waals surface area contributed by atoms with E-state index in [1.165, 1.54) is 13.8 Å². The topological polar surface area (TPSA) is 105 Å². The van der Waals surface area contributed by atoms with Crippen molar-refractivity contribution in [2.45, 2.75) is 19.8 Å². The molecule has 0 saturated heterocycles. The van der Waals surface area contributed by atoms with Crippen molar-refractivity contribution >= 4 is 74.4 Å². The Balaban J connectivity index is 5.89. The maximum absolute atomic E-state index is 11.8. The summed E-state index contributed by atoms with van der Waals surface area (Å²) in [6, 6.07) is 0. The van der Waals surface area contributed by atoms with Gasteiger partial charge in [-0.05, 0) is 13.8 Å². The van der Waals surface area contributed by atoms with Gasteiger partial charge in [0, 0.05) is 0 Å². The Morgan fingerprint density at radius 1 is 0.680 bits per heavy atom. The molecule has 0 spiro atoms. The zero-order valence-electron chi connectivity index (χ0n) is 13.6. The van der Waals surface area contributed by atoms with E-state index in [1.54, 1.807) is 0 Å². The molecule has 0 atom stereocenters. The molecule has 0 aliphatic carbocycles. The van der Waals surface area contributed by atoms with E-state index >= 15 is 0 Å². The van der Waals surface area contributed by atoms with Gasteiger partial charge in [0.25, 0.3) is 0 Å². The van der Waals surface area contributed by atoms with E-state index in [1.807, 2.05) is 0 Å². The summed E-state index contributed by atoms with van der Waals surface area (Å²) in [6.07, 6.45) is 0. The third-order valence-corrected chi connectivity index (χ3v) is 3.72. The minimum absolute atomic E-state index is 0.202. The first-order chi connectivity index (χ1) is 11.6. The monoisotopic (exact) mass is 432 g/mol. The molecular weight excluding hydrogens is 412 g/mol. The molecule has 0 aromatic rings. The van der Waals surface area contributed by atoms with E-state index in [9.17, 15) is 19.2 Å². The molecule has 0 heterocycles. The lowest BCUT2D eigenvalue weighted by Gasteiger charge is -2.41. The lowest BCUT2D eigenvalue weighted by atomic mass is 9.90. The molecule has 0 amide bonds. The van der Waals surface area contributed by atoms with Gasteiger partial charge in [0.15, 0.2) is 0 Å². The Hall–Kier alpha value is -0.720. The third kappa shape index (κ3) is 7.59. The van der Waals surface area contributed by atoms with Gasteiger partial charge >= 0.3 is 29.9 Å². The average Bonchev–Trinajstić information content (AvgIpc) is 2.58. The molecule has 0 saturated carbocycles. The highest BCUT2D eigenvalue weighted by atomic mass is 32.1. The molecular formula is C13H20O8S4. The van der Waals surface area contributed by atoms with Gasteiger partial charge in [-0.25, -0.2) is 0 Å². The minimum atomic E-state index is -2.50. The maximum atomic E-state index is 11.8. The summed E-state index contributed by atoms with van der Waals surface area (Å²) < 4.78 is 20.2. The lowest BCUT2D eigenvalue weighted by molar-refractivity contribution is -0.375. The Kier molecular flexibility index (Phi) is 10.8. The minimum Gasteiger partial charge on any atom is -0.464 e. The van der Waals surface area contributed by atoms with Gasteiger partial charge in [-0.2, -0.15) is 50.5 Å². The molecule has 8 nitrogen and oxygen atoms in total. The van der Waals surface area contributed by atoms with E-state index in [4.69, 9.17) is 18.9 Å². The van der Waals surface area contributed by atoms with Gasteiger partial charge in [0.1, 0.15) is 12.0 Å². The molecule has 0 aliphatic heterocycles. The van der Waals surface area contributed by atoms with E-state index in [-0.39, 0.29) is 23.0 Å². The Bertz CT molecular complexity index is 463. The number of hydrogen-bond acceptors (Lipinski definition) is 12. The molecule has 0 fully saturated rings. The van der Waals surface area contributed by atoms with E-state index < -0.39 is 41.9 Å². The fourth-order valence-electron chi connectivity index (χ4n) is 1.42. The van der Waals surface area contributed by atoms with Crippen LogP contribution in [-0.4, -0.2) is 59.5 Å². The normalized spacial score (nSPS) is 11.4. The zero-order valence-corrected chi connectivity index (χ0v) is 17.2. The Morgan fingerprint density at radius 2 is 1.00 bits per heavy atom. The molecule has 0 radical (unpaired) electrons. The first-order valence-corrected chi connectivity index (χ1v) is 9.35. The number of carbonyl (C=O) groups is 4. The van der Waals surface area contributed by atoms with Crippen molar-refractivity contribution in [1.29, 1.82) is 0 Å². The predicted molar refractivity (Wildman–Crippen MR) is 101 cm³/mol. The van der Waals surface area contributed by atoms with Gasteiger partial charge in [-0.15, -0.1) is 0 Å². The first-order valence-electron chi connectivity index (χ1n) is 6.82. The molecule has 0 aliphatic rings. The first kappa shape index (κ1) is 24.3. The summed E-state index contributed by atoms with van der Waals surface area (Å²) in [5.41, 5.74) is -1.47. The number of rotatable bonds is 10. The average molecular weight is 433 g/mol. The fourth-order valence-corrected chi connectivity index (χ4v) is 1.70. The number of esters is 4. The quantitative estimate of drug-likeness (QED) is 0.226. The third-order valence-electron chi connectivity index (χ3n) is 2.68. The van der Waals surface area contributed by atoms with Crippen molar-refractivity contribution in [2.75, 3.05) is 29.6 Å². The molecule has 0 aromatic carbocycles. The molecule has 25 heavy (non-hydrogen) atoms. The molecule has 0 rings (SSSR count). The second-order valence-electron chi connectivity index (χ2n) is 5.16. The van der Waals surface area contributed by atoms with Gasteiger partial charge < -0.3 is 18.9 Å². The molecule has 0 N–H and O–H groups in total. The van der Waals surface area contributed by atoms with Crippen LogP contribution in [0.2, 0.25) is 0 Å². The summed E-state index contributed by atoms with van der Waals surface area (Å²) in [5.74, 6) is -7.33. The smallest absolute Gasteiger partial charge is 0.432 e. The van der Waals surface area contributed by atoms with Crippen LogP contribution in [0.1, 0.15) is 13.8 Å². The van der Waals surface area contributed by atoms with Crippen LogP contribution >= 0.6 is 50.5 Å². The van der Waals surface area contributed by atoms with Crippen molar-refractivity contribution < 1.29 is 38.1 Å². The summed E-state index contributed by atoms with van der Waals surface area (Å²) in [5, 5.41) is 0. The summed E-state index contributed by atoms with van der Waals surface area (Å²) in [6.45, 7) is 2.40. The number of hydrogen-bond donors (Lipinski definition) is 4. The van der Waals surface area contributed by atoms with Crippen molar-refractivity contribution in [3.05, 3.63) is 0 Å². The second kappa shape index (κ2) is 11.1. The van der Waals surface area contributed by atoms with Crippen LogP contribution in [0.15, 0.2) is 0 Å². The summed E-state index contributed by atoms with van der Waals surface area (Å²) in [7, 11) is 0. The van der Waals surface area contributed by atoms with Crippen LogP contribution < -0.4 is 0 Å². The van der Waals surface area contributed by atoms with E-state index in [0.717, 1.165) is 0 Å². The fraction of sp³-hybridized carbons (Fsp3) is 0.692. The van der Waals surface area contributed by atoms with E-state index in [2.05, 4.69) is 50.5 Å². The largest absolute Gasteiger partial charge is 0.464 e. The SMILES string of the molecule is CC(C)(COC(=O)CS)C(OC(=O)CS)(OC(=O)CS)OC(=O)CS. The zero-order chi connectivity index (χ0) is 19.7. The summed E-state index contributed by atoms with van der Waals surface area (Å²) in [4.78, 5) is 46.7. The van der Waals surface area contributed by atoms with Crippen molar-refractivity contribution in [2.24, 2.45) is 5.41 Å². The van der Waals surface area contributed by atoms with Crippen molar-refractivity contribution in [1.82, 2.24) is 0 Å². The van der Waals surface area contributed by atoms with Gasteiger partial charge in [0.05, 0.1) is 23.0 Å². The molecule has 0 bridgehead atoms. The Morgan fingerprint density at radius 3 is 1.28 bits per heavy atom. The van der Waals surface area contributed by atoms with Crippen LogP contribution in [0.4, 0.5) is 0 Å². The Labute approximate surface area is 167 Å². The van der Waals surface area contributed by atoms with Crippen molar-refractivity contribution in [3.8, 4) is 0 Å². The molecule has 0 unspecified atom stereocenters. The van der Waals surface area contributed by atoms with Crippen LogP contribution in [0.3, 0.4) is 0 Å². The number of thiol groups is 4. The number of carbonyl (C=O) groups excluding carboxylic acids is 4. The van der Waals surface area contributed by atoms with Crippen LogP contribution in [0.25, 0.3) is 0 Å². The predicted octanol–water partition coefficient (Wildman–Crippen LogP) is 0.558. The number of ether oxygens (including phenoxy) is 4. The maximum Gasteiger partial charge on any atom is 0.432 e. The molecule has 144 valence electrons.